The molecule has 184 valence electrons. The van der Waals surface area contributed by atoms with Crippen LogP contribution in [0.15, 0.2) is 60.7 Å². The molecule has 1 N–H and O–H groups in total. The van der Waals surface area contributed by atoms with Gasteiger partial charge < -0.3 is 9.67 Å². The van der Waals surface area contributed by atoms with E-state index in [1.807, 2.05) is 0 Å². The number of aromatic nitrogens is 2. The maximum absolute atomic E-state index is 9.10. The van der Waals surface area contributed by atoms with Crippen LogP contribution in [-0.2, 0) is 13.1 Å². The lowest BCUT2D eigenvalue weighted by molar-refractivity contribution is 0.244. The van der Waals surface area contributed by atoms with Gasteiger partial charge >= 0.3 is 0 Å². The molecular formula is C30H43N3O. The van der Waals surface area contributed by atoms with Crippen LogP contribution in [0.25, 0.3) is 22.6 Å². The normalized spacial score (nSPS) is 11.4. The minimum atomic E-state index is 0.304. The third kappa shape index (κ3) is 7.54. The highest BCUT2D eigenvalue weighted by Gasteiger charge is 2.21. The Bertz CT molecular complexity index is 936. The highest BCUT2D eigenvalue weighted by atomic mass is 16.2. The molecule has 0 saturated carbocycles. The maximum Gasteiger partial charge on any atom is 0.140 e. The topological polar surface area (TPSA) is 41.3 Å². The molecule has 1 aromatic heterocycles. The summed E-state index contributed by atoms with van der Waals surface area (Å²) in [5, 5.41) is 9.10. The van der Waals surface area contributed by atoms with E-state index < -0.39 is 0 Å². The number of aliphatic hydroxyl groups is 1. The van der Waals surface area contributed by atoms with Gasteiger partial charge in [-0.15, -0.1) is 0 Å². The van der Waals surface area contributed by atoms with E-state index in [0.717, 1.165) is 63.4 Å². The SMILES string of the molecule is CCCCN(CCCCCCO)Cc1c(-c2ccccc2)nc(-c2ccccc2)n1CCCC. The Balaban J connectivity index is 1.98. The Morgan fingerprint density at radius 1 is 0.735 bits per heavy atom. The molecule has 0 bridgehead atoms. The summed E-state index contributed by atoms with van der Waals surface area (Å²) in [5.41, 5.74) is 4.84. The second-order valence-electron chi connectivity index (χ2n) is 9.24. The van der Waals surface area contributed by atoms with Crippen molar-refractivity contribution in [3.05, 3.63) is 66.4 Å². The van der Waals surface area contributed by atoms with Gasteiger partial charge in [0.05, 0.1) is 11.4 Å². The van der Waals surface area contributed by atoms with Crippen LogP contribution in [0.5, 0.6) is 0 Å². The van der Waals surface area contributed by atoms with Crippen LogP contribution in [0, 0.1) is 0 Å². The molecule has 0 saturated heterocycles. The summed E-state index contributed by atoms with van der Waals surface area (Å²) >= 11 is 0. The molecule has 0 fully saturated rings. The maximum atomic E-state index is 9.10. The molecule has 2 aromatic carbocycles. The van der Waals surface area contributed by atoms with Crippen molar-refractivity contribution in [2.24, 2.45) is 0 Å². The quantitative estimate of drug-likeness (QED) is 0.230. The first-order valence-corrected chi connectivity index (χ1v) is 13.3. The molecule has 0 atom stereocenters. The predicted octanol–water partition coefficient (Wildman–Crippen LogP) is 7.17. The van der Waals surface area contributed by atoms with E-state index in [4.69, 9.17) is 10.1 Å². The van der Waals surface area contributed by atoms with Crippen LogP contribution < -0.4 is 0 Å². The highest BCUT2D eigenvalue weighted by molar-refractivity contribution is 5.68. The lowest BCUT2D eigenvalue weighted by atomic mass is 10.1. The van der Waals surface area contributed by atoms with E-state index in [0.29, 0.717) is 6.61 Å². The number of benzene rings is 2. The molecule has 0 spiro atoms. The van der Waals surface area contributed by atoms with Gasteiger partial charge in [-0.2, -0.15) is 0 Å². The van der Waals surface area contributed by atoms with Crippen LogP contribution in [0.4, 0.5) is 0 Å². The summed E-state index contributed by atoms with van der Waals surface area (Å²) in [5.74, 6) is 1.08. The summed E-state index contributed by atoms with van der Waals surface area (Å²) in [6.45, 7) is 8.97. The highest BCUT2D eigenvalue weighted by Crippen LogP contribution is 2.31. The summed E-state index contributed by atoms with van der Waals surface area (Å²) < 4.78 is 2.49. The monoisotopic (exact) mass is 461 g/mol. The van der Waals surface area contributed by atoms with E-state index in [1.165, 1.54) is 42.5 Å². The molecule has 4 heteroatoms. The average Bonchev–Trinajstić information content (AvgIpc) is 3.24. The van der Waals surface area contributed by atoms with Crippen LogP contribution >= 0.6 is 0 Å². The second kappa shape index (κ2) is 14.7. The second-order valence-corrected chi connectivity index (χ2v) is 9.24. The molecule has 34 heavy (non-hydrogen) atoms. The fourth-order valence-corrected chi connectivity index (χ4v) is 4.50. The van der Waals surface area contributed by atoms with Crippen LogP contribution in [0.3, 0.4) is 0 Å². The Morgan fingerprint density at radius 3 is 2.00 bits per heavy atom. The molecule has 0 radical (unpaired) electrons. The van der Waals surface area contributed by atoms with Crippen molar-refractivity contribution in [2.45, 2.75) is 78.3 Å². The van der Waals surface area contributed by atoms with Crippen molar-refractivity contribution in [1.29, 1.82) is 0 Å². The van der Waals surface area contributed by atoms with Gasteiger partial charge in [-0.3, -0.25) is 4.90 Å². The standard InChI is InChI=1S/C30H43N3O/c1-3-5-21-32(22-15-7-8-16-24-34)25-28-29(26-17-11-9-12-18-26)31-30(33(28)23-6-4-2)27-19-13-10-14-20-27/h9-14,17-20,34H,3-8,15-16,21-25H2,1-2H3. The number of hydrogen-bond acceptors (Lipinski definition) is 3. The molecule has 0 aliphatic heterocycles. The molecule has 1 heterocycles. The third-order valence-corrected chi connectivity index (χ3v) is 6.47. The number of aliphatic hydroxyl groups excluding tert-OH is 1. The first-order valence-electron chi connectivity index (χ1n) is 13.3. The fraction of sp³-hybridized carbons (Fsp3) is 0.500. The lowest BCUT2D eigenvalue weighted by Crippen LogP contribution is -2.27. The van der Waals surface area contributed by atoms with Crippen LogP contribution in [0.1, 0.15) is 70.9 Å². The third-order valence-electron chi connectivity index (χ3n) is 6.47. The van der Waals surface area contributed by atoms with Crippen molar-refractivity contribution in [1.82, 2.24) is 14.5 Å². The molecule has 4 nitrogen and oxygen atoms in total. The zero-order valence-corrected chi connectivity index (χ0v) is 21.3. The van der Waals surface area contributed by atoms with Crippen molar-refractivity contribution in [3.63, 3.8) is 0 Å². The molecule has 0 aliphatic carbocycles. The zero-order valence-electron chi connectivity index (χ0n) is 21.3. The van der Waals surface area contributed by atoms with E-state index in [1.54, 1.807) is 0 Å². The van der Waals surface area contributed by atoms with E-state index in [-0.39, 0.29) is 0 Å². The van der Waals surface area contributed by atoms with Crippen LogP contribution in [-0.4, -0.2) is 39.3 Å². The summed E-state index contributed by atoms with van der Waals surface area (Å²) in [4.78, 5) is 7.89. The minimum Gasteiger partial charge on any atom is -0.396 e. The predicted molar refractivity (Wildman–Crippen MR) is 144 cm³/mol. The Morgan fingerprint density at radius 2 is 1.35 bits per heavy atom. The molecule has 3 rings (SSSR count). The lowest BCUT2D eigenvalue weighted by Gasteiger charge is -2.24. The molecular weight excluding hydrogens is 418 g/mol. The van der Waals surface area contributed by atoms with Crippen molar-refractivity contribution < 1.29 is 5.11 Å². The molecule has 0 amide bonds. The van der Waals surface area contributed by atoms with Crippen molar-refractivity contribution in [2.75, 3.05) is 19.7 Å². The Hall–Kier alpha value is -2.43. The Labute approximate surface area is 206 Å². The minimum absolute atomic E-state index is 0.304. The van der Waals surface area contributed by atoms with Gasteiger partial charge in [0, 0.05) is 30.8 Å². The fourth-order valence-electron chi connectivity index (χ4n) is 4.50. The number of unbranched alkanes of at least 4 members (excludes halogenated alkanes) is 5. The van der Waals surface area contributed by atoms with Gasteiger partial charge in [0.25, 0.3) is 0 Å². The van der Waals surface area contributed by atoms with Gasteiger partial charge in [0.2, 0.25) is 0 Å². The summed E-state index contributed by atoms with van der Waals surface area (Å²) in [7, 11) is 0. The number of nitrogens with zero attached hydrogens (tertiary/aromatic N) is 3. The largest absolute Gasteiger partial charge is 0.396 e. The van der Waals surface area contributed by atoms with Crippen LogP contribution in [0.2, 0.25) is 0 Å². The van der Waals surface area contributed by atoms with Gasteiger partial charge in [-0.25, -0.2) is 4.98 Å². The number of imidazole rings is 1. The van der Waals surface area contributed by atoms with Gasteiger partial charge in [-0.05, 0) is 38.8 Å². The number of hydrogen-bond donors (Lipinski definition) is 1. The summed E-state index contributed by atoms with van der Waals surface area (Å²) in [6.07, 6.45) is 9.11. The van der Waals surface area contributed by atoms with E-state index >= 15 is 0 Å². The Kier molecular flexibility index (Phi) is 11.4. The molecule has 3 aromatic rings. The van der Waals surface area contributed by atoms with Crippen molar-refractivity contribution in [3.8, 4) is 22.6 Å². The molecule has 0 unspecified atom stereocenters. The summed E-state index contributed by atoms with van der Waals surface area (Å²) in [6, 6.07) is 21.3. The van der Waals surface area contributed by atoms with Gasteiger partial charge in [0.1, 0.15) is 5.82 Å². The smallest absolute Gasteiger partial charge is 0.140 e. The van der Waals surface area contributed by atoms with E-state index in [9.17, 15) is 0 Å². The average molecular weight is 462 g/mol. The van der Waals surface area contributed by atoms with Gasteiger partial charge in [-0.1, -0.05) is 100 Å². The first-order chi connectivity index (χ1) is 16.8. The van der Waals surface area contributed by atoms with Crippen molar-refractivity contribution >= 4 is 0 Å². The first kappa shape index (κ1) is 26.2. The molecule has 0 aliphatic rings. The van der Waals surface area contributed by atoms with Gasteiger partial charge in [0.15, 0.2) is 0 Å². The number of rotatable bonds is 16. The van der Waals surface area contributed by atoms with E-state index in [2.05, 4.69) is 84.0 Å². The zero-order chi connectivity index (χ0) is 24.0.